The number of amides is 1. The van der Waals surface area contributed by atoms with E-state index in [1.807, 2.05) is 19.9 Å². The Morgan fingerprint density at radius 1 is 1.25 bits per heavy atom. The van der Waals surface area contributed by atoms with Gasteiger partial charge in [-0.2, -0.15) is 4.98 Å². The number of anilines is 1. The number of carbonyl (C=O) groups excluding carboxylic acids is 1. The number of carbonyl (C=O) groups is 1. The summed E-state index contributed by atoms with van der Waals surface area (Å²) in [4.78, 5) is 22.8. The molecule has 0 N–H and O–H groups in total. The van der Waals surface area contributed by atoms with Gasteiger partial charge in [0.2, 0.25) is 5.82 Å². The number of fused-ring (bicyclic) bond motifs is 2. The van der Waals surface area contributed by atoms with Gasteiger partial charge in [-0.3, -0.25) is 9.69 Å². The molecule has 4 rings (SSSR count). The topological polar surface area (TPSA) is 72.6 Å². The zero-order valence-electron chi connectivity index (χ0n) is 13.2. The highest BCUT2D eigenvalue weighted by Gasteiger charge is 2.28. The summed E-state index contributed by atoms with van der Waals surface area (Å²) in [5.41, 5.74) is 2.15. The van der Waals surface area contributed by atoms with E-state index in [-0.39, 0.29) is 18.3 Å². The summed E-state index contributed by atoms with van der Waals surface area (Å²) < 4.78 is 20.3. The maximum absolute atomic E-state index is 13.3. The summed E-state index contributed by atoms with van der Waals surface area (Å²) >= 11 is 0. The number of ether oxygens (including phenoxy) is 1. The van der Waals surface area contributed by atoms with E-state index < -0.39 is 5.82 Å². The lowest BCUT2D eigenvalue weighted by Crippen LogP contribution is -2.38. The minimum absolute atomic E-state index is 0.0494. The Bertz CT molecular complexity index is 969. The number of rotatable bonds is 1. The lowest BCUT2D eigenvalue weighted by atomic mass is 10.2. The molecule has 3 heterocycles. The predicted octanol–water partition coefficient (Wildman–Crippen LogP) is 1.92. The minimum atomic E-state index is -0.413. The molecule has 122 valence electrons. The molecule has 0 unspecified atom stereocenters. The van der Waals surface area contributed by atoms with Crippen LogP contribution in [0.5, 0.6) is 5.75 Å². The molecule has 0 saturated heterocycles. The minimum Gasteiger partial charge on any atom is -0.489 e. The van der Waals surface area contributed by atoms with Crippen LogP contribution in [-0.4, -0.2) is 38.6 Å². The van der Waals surface area contributed by atoms with E-state index in [1.165, 1.54) is 27.6 Å². The molecule has 0 aliphatic carbocycles. The molecular weight excluding hydrogens is 313 g/mol. The molecule has 1 aliphatic rings. The number of aryl methyl sites for hydroxylation is 2. The average Bonchev–Trinajstić information content (AvgIpc) is 2.97. The number of benzene rings is 1. The lowest BCUT2D eigenvalue weighted by Gasteiger charge is -2.28. The summed E-state index contributed by atoms with van der Waals surface area (Å²) in [6.45, 7) is 4.36. The molecule has 8 heteroatoms. The van der Waals surface area contributed by atoms with Gasteiger partial charge in [0.15, 0.2) is 0 Å². The molecule has 24 heavy (non-hydrogen) atoms. The van der Waals surface area contributed by atoms with Crippen LogP contribution in [0.25, 0.3) is 5.78 Å². The van der Waals surface area contributed by atoms with Gasteiger partial charge in [0.25, 0.3) is 11.7 Å². The van der Waals surface area contributed by atoms with Gasteiger partial charge in [-0.25, -0.2) is 13.9 Å². The molecule has 1 amide bonds. The van der Waals surface area contributed by atoms with Crippen molar-refractivity contribution in [2.75, 3.05) is 18.1 Å². The molecule has 7 nitrogen and oxygen atoms in total. The Morgan fingerprint density at radius 3 is 2.92 bits per heavy atom. The van der Waals surface area contributed by atoms with Crippen molar-refractivity contribution in [1.29, 1.82) is 0 Å². The van der Waals surface area contributed by atoms with Gasteiger partial charge >= 0.3 is 0 Å². The second kappa shape index (κ2) is 5.26. The fourth-order valence-electron chi connectivity index (χ4n) is 2.78. The van der Waals surface area contributed by atoms with Crippen LogP contribution >= 0.6 is 0 Å². The van der Waals surface area contributed by atoms with Crippen LogP contribution in [0.15, 0.2) is 24.3 Å². The van der Waals surface area contributed by atoms with Crippen LogP contribution in [0, 0.1) is 19.7 Å². The number of halogens is 1. The predicted molar refractivity (Wildman–Crippen MR) is 83.8 cm³/mol. The Morgan fingerprint density at radius 2 is 2.08 bits per heavy atom. The van der Waals surface area contributed by atoms with Crippen molar-refractivity contribution in [1.82, 2.24) is 19.6 Å². The molecule has 0 bridgehead atoms. The third kappa shape index (κ3) is 2.27. The standard InChI is InChI=1S/C16H14FN5O2/c1-9-7-10(2)22-16(18-9)19-14(20-22)15(23)21-5-6-24-13-8-11(17)3-4-12(13)21/h3-4,7-8H,5-6H2,1-2H3. The van der Waals surface area contributed by atoms with Crippen molar-refractivity contribution in [3.63, 3.8) is 0 Å². The summed E-state index contributed by atoms with van der Waals surface area (Å²) in [6, 6.07) is 5.94. The van der Waals surface area contributed by atoms with E-state index >= 15 is 0 Å². The average molecular weight is 327 g/mol. The smallest absolute Gasteiger partial charge is 0.298 e. The fourth-order valence-corrected chi connectivity index (χ4v) is 2.78. The Kier molecular flexibility index (Phi) is 3.19. The highest BCUT2D eigenvalue weighted by molar-refractivity contribution is 6.04. The normalized spacial score (nSPS) is 13.7. The molecule has 0 spiro atoms. The van der Waals surface area contributed by atoms with Crippen molar-refractivity contribution >= 4 is 17.4 Å². The molecule has 1 aliphatic heterocycles. The van der Waals surface area contributed by atoms with Gasteiger partial charge in [-0.15, -0.1) is 5.10 Å². The first-order chi connectivity index (χ1) is 11.5. The Hall–Kier alpha value is -3.03. The molecular formula is C16H14FN5O2. The van der Waals surface area contributed by atoms with Crippen LogP contribution < -0.4 is 9.64 Å². The lowest BCUT2D eigenvalue weighted by molar-refractivity contribution is 0.0966. The summed E-state index contributed by atoms with van der Waals surface area (Å²) in [5, 5.41) is 4.26. The van der Waals surface area contributed by atoms with E-state index in [1.54, 1.807) is 0 Å². The third-order valence-electron chi connectivity index (χ3n) is 3.84. The molecule has 0 atom stereocenters. The summed E-state index contributed by atoms with van der Waals surface area (Å²) in [6.07, 6.45) is 0. The number of hydrogen-bond acceptors (Lipinski definition) is 5. The molecule has 0 saturated carbocycles. The first kappa shape index (κ1) is 14.6. The zero-order valence-corrected chi connectivity index (χ0v) is 13.2. The van der Waals surface area contributed by atoms with Crippen LogP contribution in [-0.2, 0) is 0 Å². The van der Waals surface area contributed by atoms with Crippen LogP contribution in [0.1, 0.15) is 22.0 Å². The number of nitrogens with zero attached hydrogens (tertiary/aromatic N) is 5. The highest BCUT2D eigenvalue weighted by atomic mass is 19.1. The van der Waals surface area contributed by atoms with Crippen LogP contribution in [0.4, 0.5) is 10.1 Å². The maximum Gasteiger partial charge on any atom is 0.298 e. The third-order valence-corrected chi connectivity index (χ3v) is 3.84. The van der Waals surface area contributed by atoms with Gasteiger partial charge < -0.3 is 4.74 Å². The van der Waals surface area contributed by atoms with Crippen molar-refractivity contribution < 1.29 is 13.9 Å². The van der Waals surface area contributed by atoms with Crippen molar-refractivity contribution in [2.45, 2.75) is 13.8 Å². The summed E-state index contributed by atoms with van der Waals surface area (Å²) in [7, 11) is 0. The van der Waals surface area contributed by atoms with Crippen molar-refractivity contribution in [3.8, 4) is 5.75 Å². The number of hydrogen-bond donors (Lipinski definition) is 0. The van der Waals surface area contributed by atoms with Gasteiger partial charge in [0, 0.05) is 17.5 Å². The van der Waals surface area contributed by atoms with E-state index in [0.717, 1.165) is 11.4 Å². The Balaban J connectivity index is 1.76. The second-order valence-electron chi connectivity index (χ2n) is 5.60. The monoisotopic (exact) mass is 327 g/mol. The van der Waals surface area contributed by atoms with Gasteiger partial charge in [-0.05, 0) is 32.0 Å². The van der Waals surface area contributed by atoms with Gasteiger partial charge in [0.1, 0.15) is 18.2 Å². The first-order valence-electron chi connectivity index (χ1n) is 7.48. The van der Waals surface area contributed by atoms with Crippen LogP contribution in [0.2, 0.25) is 0 Å². The molecule has 0 radical (unpaired) electrons. The fraction of sp³-hybridized carbons (Fsp3) is 0.250. The first-order valence-corrected chi connectivity index (χ1v) is 7.48. The highest BCUT2D eigenvalue weighted by Crippen LogP contribution is 2.32. The second-order valence-corrected chi connectivity index (χ2v) is 5.60. The maximum atomic E-state index is 13.3. The molecule has 0 fully saturated rings. The van der Waals surface area contributed by atoms with E-state index in [2.05, 4.69) is 15.1 Å². The number of aromatic nitrogens is 4. The van der Waals surface area contributed by atoms with E-state index in [9.17, 15) is 9.18 Å². The zero-order chi connectivity index (χ0) is 16.8. The van der Waals surface area contributed by atoms with E-state index in [0.29, 0.717) is 23.8 Å². The Labute approximate surface area is 136 Å². The molecule has 3 aromatic rings. The van der Waals surface area contributed by atoms with E-state index in [4.69, 9.17) is 4.74 Å². The molecule has 1 aromatic carbocycles. The largest absolute Gasteiger partial charge is 0.489 e. The molecule has 2 aromatic heterocycles. The SMILES string of the molecule is Cc1cc(C)n2nc(C(=O)N3CCOc4cc(F)ccc43)nc2n1. The van der Waals surface area contributed by atoms with Crippen molar-refractivity contribution in [3.05, 3.63) is 47.3 Å². The van der Waals surface area contributed by atoms with Gasteiger partial charge in [0.05, 0.1) is 12.2 Å². The quantitative estimate of drug-likeness (QED) is 0.683. The summed E-state index contributed by atoms with van der Waals surface area (Å²) in [5.74, 6) is -0.0155. The van der Waals surface area contributed by atoms with Crippen LogP contribution in [0.3, 0.4) is 0 Å². The van der Waals surface area contributed by atoms with Crippen molar-refractivity contribution in [2.24, 2.45) is 0 Å². The van der Waals surface area contributed by atoms with Gasteiger partial charge in [-0.1, -0.05) is 0 Å².